The molecule has 0 radical (unpaired) electrons. The summed E-state index contributed by atoms with van der Waals surface area (Å²) in [6, 6.07) is 7.53. The molecule has 7 heteroatoms. The molecule has 2 saturated heterocycles. The lowest BCUT2D eigenvalue weighted by Crippen LogP contribution is -2.57. The molecule has 27 heavy (non-hydrogen) atoms. The topological polar surface area (TPSA) is 75.9 Å². The van der Waals surface area contributed by atoms with Crippen molar-refractivity contribution in [3.63, 3.8) is 0 Å². The predicted molar refractivity (Wildman–Crippen MR) is 107 cm³/mol. The van der Waals surface area contributed by atoms with Gasteiger partial charge < -0.3 is 20.3 Å². The van der Waals surface area contributed by atoms with E-state index in [4.69, 9.17) is 10.5 Å². The fraction of sp³-hybridized carbons (Fsp3) is 0.500. The van der Waals surface area contributed by atoms with Gasteiger partial charge in [0.15, 0.2) is 0 Å². The van der Waals surface area contributed by atoms with Crippen molar-refractivity contribution >= 4 is 24.2 Å². The van der Waals surface area contributed by atoms with E-state index >= 15 is 0 Å². The molecule has 0 aliphatic carbocycles. The van der Waals surface area contributed by atoms with E-state index in [2.05, 4.69) is 6.58 Å². The monoisotopic (exact) mass is 393 g/mol. The molecule has 2 heterocycles. The van der Waals surface area contributed by atoms with Crippen LogP contribution in [0, 0.1) is 5.92 Å². The number of piperidine rings is 2. The average molecular weight is 394 g/mol. The van der Waals surface area contributed by atoms with Gasteiger partial charge in [0.05, 0.1) is 5.56 Å². The lowest BCUT2D eigenvalue weighted by atomic mass is 9.83. The number of hydrogen-bond acceptors (Lipinski definition) is 4. The summed E-state index contributed by atoms with van der Waals surface area (Å²) in [5.74, 6) is 1.09. The molecule has 2 aliphatic heterocycles. The molecule has 1 aromatic rings. The Kier molecular flexibility index (Phi) is 7.68. The minimum absolute atomic E-state index is 0. The van der Waals surface area contributed by atoms with Crippen molar-refractivity contribution in [2.24, 2.45) is 11.7 Å². The van der Waals surface area contributed by atoms with Gasteiger partial charge in [-0.25, -0.2) is 0 Å². The first-order valence-electron chi connectivity index (χ1n) is 9.27. The summed E-state index contributed by atoms with van der Waals surface area (Å²) in [5.41, 5.74) is 6.25. The van der Waals surface area contributed by atoms with Crippen molar-refractivity contribution in [1.82, 2.24) is 9.80 Å². The quantitative estimate of drug-likeness (QED) is 0.751. The minimum atomic E-state index is -0.00890. The Bertz CT molecular complexity index is 682. The van der Waals surface area contributed by atoms with Crippen LogP contribution in [0.3, 0.4) is 0 Å². The molecular weight excluding hydrogens is 366 g/mol. The molecule has 0 aromatic heterocycles. The molecule has 2 atom stereocenters. The third-order valence-electron chi connectivity index (χ3n) is 5.27. The second-order valence-corrected chi connectivity index (χ2v) is 6.88. The van der Waals surface area contributed by atoms with E-state index in [1.807, 2.05) is 28.0 Å². The Hall–Kier alpha value is -2.05. The van der Waals surface area contributed by atoms with Crippen molar-refractivity contribution in [1.29, 1.82) is 0 Å². The highest BCUT2D eigenvalue weighted by Gasteiger charge is 2.40. The molecule has 1 aromatic carbocycles. The molecule has 2 amide bonds. The van der Waals surface area contributed by atoms with E-state index < -0.39 is 0 Å². The Morgan fingerprint density at radius 1 is 1.33 bits per heavy atom. The molecular formula is C20H28ClN3O3. The largest absolute Gasteiger partial charge is 0.489 e. The number of likely N-dealkylation sites (tertiary alicyclic amines) is 2. The summed E-state index contributed by atoms with van der Waals surface area (Å²) >= 11 is 0. The first-order chi connectivity index (χ1) is 12.7. The van der Waals surface area contributed by atoms with Gasteiger partial charge in [0.25, 0.3) is 5.91 Å². The van der Waals surface area contributed by atoms with Crippen molar-refractivity contribution < 1.29 is 14.3 Å². The van der Waals surface area contributed by atoms with Crippen LogP contribution in [0.4, 0.5) is 0 Å². The minimum Gasteiger partial charge on any atom is -0.489 e. The summed E-state index contributed by atoms with van der Waals surface area (Å²) in [7, 11) is 0. The maximum atomic E-state index is 13.0. The Balaban J connectivity index is 0.00000261. The van der Waals surface area contributed by atoms with Crippen LogP contribution in [-0.2, 0) is 4.79 Å². The zero-order valence-electron chi connectivity index (χ0n) is 15.5. The van der Waals surface area contributed by atoms with Crippen molar-refractivity contribution in [3.8, 4) is 5.75 Å². The van der Waals surface area contributed by atoms with Crippen molar-refractivity contribution in [2.45, 2.75) is 25.3 Å². The first kappa shape index (κ1) is 21.3. The molecule has 3 rings (SSSR count). The van der Waals surface area contributed by atoms with Gasteiger partial charge in [-0.05, 0) is 30.9 Å². The summed E-state index contributed by atoms with van der Waals surface area (Å²) in [6.07, 6.45) is 3.85. The van der Waals surface area contributed by atoms with E-state index in [1.165, 1.54) is 0 Å². The lowest BCUT2D eigenvalue weighted by molar-refractivity contribution is -0.140. The number of hydrogen-bond donors (Lipinski definition) is 1. The third kappa shape index (κ3) is 4.62. The molecule has 0 bridgehead atoms. The Labute approximate surface area is 166 Å². The van der Waals surface area contributed by atoms with Crippen LogP contribution in [-0.4, -0.2) is 60.4 Å². The van der Waals surface area contributed by atoms with Gasteiger partial charge in [-0.2, -0.15) is 0 Å². The fourth-order valence-electron chi connectivity index (χ4n) is 4.05. The van der Waals surface area contributed by atoms with E-state index in [-0.39, 0.29) is 30.3 Å². The zero-order valence-corrected chi connectivity index (χ0v) is 16.3. The van der Waals surface area contributed by atoms with Crippen LogP contribution < -0.4 is 10.5 Å². The molecule has 2 N–H and O–H groups in total. The lowest BCUT2D eigenvalue weighted by Gasteiger charge is -2.47. The van der Waals surface area contributed by atoms with Gasteiger partial charge in [0, 0.05) is 38.6 Å². The van der Waals surface area contributed by atoms with E-state index in [0.717, 1.165) is 12.8 Å². The second-order valence-electron chi connectivity index (χ2n) is 6.88. The molecule has 0 unspecified atom stereocenters. The van der Waals surface area contributed by atoms with Crippen molar-refractivity contribution in [2.75, 3.05) is 32.8 Å². The SMILES string of the molecule is C=CCOc1ccccc1C(=O)N1CC[C@@H]2[C@@H](CCC(=O)N2CCN)C1.Cl. The molecule has 6 nitrogen and oxygen atoms in total. The Morgan fingerprint density at radius 3 is 2.85 bits per heavy atom. The highest BCUT2D eigenvalue weighted by molar-refractivity contribution is 5.97. The summed E-state index contributed by atoms with van der Waals surface area (Å²) in [4.78, 5) is 29.1. The summed E-state index contributed by atoms with van der Waals surface area (Å²) in [6.45, 7) is 6.42. The average Bonchev–Trinajstić information content (AvgIpc) is 2.68. The highest BCUT2D eigenvalue weighted by atomic mass is 35.5. The van der Waals surface area contributed by atoms with Crippen LogP contribution in [0.15, 0.2) is 36.9 Å². The smallest absolute Gasteiger partial charge is 0.257 e. The number of nitrogens with zero attached hydrogens (tertiary/aromatic N) is 2. The second kappa shape index (κ2) is 9.76. The standard InChI is InChI=1S/C20H27N3O3.ClH/c1-2-13-26-18-6-4-3-5-16(18)20(25)22-11-9-17-15(14-22)7-8-19(24)23(17)12-10-21;/h2-6,15,17H,1,7-14,21H2;1H/t15-,17+;/m0./s1. The number of nitrogens with two attached hydrogens (primary N) is 1. The van der Waals surface area contributed by atoms with E-state index in [9.17, 15) is 9.59 Å². The van der Waals surface area contributed by atoms with Gasteiger partial charge in [-0.3, -0.25) is 9.59 Å². The number of halogens is 1. The summed E-state index contributed by atoms with van der Waals surface area (Å²) in [5, 5.41) is 0. The predicted octanol–water partition coefficient (Wildman–Crippen LogP) is 2.09. The molecule has 0 saturated carbocycles. The highest BCUT2D eigenvalue weighted by Crippen LogP contribution is 2.32. The van der Waals surface area contributed by atoms with Crippen LogP contribution in [0.2, 0.25) is 0 Å². The van der Waals surface area contributed by atoms with Crippen LogP contribution >= 0.6 is 12.4 Å². The van der Waals surface area contributed by atoms with Gasteiger partial charge in [0.2, 0.25) is 5.91 Å². The van der Waals surface area contributed by atoms with Crippen LogP contribution in [0.1, 0.15) is 29.6 Å². The number of carbonyl (C=O) groups is 2. The third-order valence-corrected chi connectivity index (χ3v) is 5.27. The maximum Gasteiger partial charge on any atom is 0.257 e. The van der Waals surface area contributed by atoms with Crippen LogP contribution in [0.25, 0.3) is 0 Å². The number of rotatable bonds is 6. The van der Waals surface area contributed by atoms with Gasteiger partial charge in [0.1, 0.15) is 12.4 Å². The number of benzene rings is 1. The van der Waals surface area contributed by atoms with E-state index in [1.54, 1.807) is 12.1 Å². The van der Waals surface area contributed by atoms with Gasteiger partial charge >= 0.3 is 0 Å². The Morgan fingerprint density at radius 2 is 2.11 bits per heavy atom. The first-order valence-corrected chi connectivity index (χ1v) is 9.27. The number of carbonyl (C=O) groups excluding carboxylic acids is 2. The summed E-state index contributed by atoms with van der Waals surface area (Å²) < 4.78 is 5.64. The molecule has 2 fully saturated rings. The molecule has 2 aliphatic rings. The van der Waals surface area contributed by atoms with Crippen molar-refractivity contribution in [3.05, 3.63) is 42.5 Å². The molecule has 148 valence electrons. The van der Waals surface area contributed by atoms with E-state index in [0.29, 0.717) is 56.4 Å². The van der Waals surface area contributed by atoms with Gasteiger partial charge in [-0.1, -0.05) is 24.8 Å². The maximum absolute atomic E-state index is 13.0. The number of fused-ring (bicyclic) bond motifs is 1. The van der Waals surface area contributed by atoms with Gasteiger partial charge in [-0.15, -0.1) is 12.4 Å². The molecule has 0 spiro atoms. The number of amides is 2. The number of para-hydroxylation sites is 1. The fourth-order valence-corrected chi connectivity index (χ4v) is 4.05. The normalized spacial score (nSPS) is 21.9. The zero-order chi connectivity index (χ0) is 18.5. The number of ether oxygens (including phenoxy) is 1. The van der Waals surface area contributed by atoms with Crippen LogP contribution in [0.5, 0.6) is 5.75 Å².